The Labute approximate surface area is 144 Å². The molecule has 0 unspecified atom stereocenters. The van der Waals surface area contributed by atoms with E-state index in [1.807, 2.05) is 18.2 Å². The molecule has 0 bridgehead atoms. The van der Waals surface area contributed by atoms with E-state index in [2.05, 4.69) is 16.0 Å². The number of benzene rings is 2. The second kappa shape index (κ2) is 7.89. The molecule has 2 aromatic carbocycles. The fourth-order valence-electron chi connectivity index (χ4n) is 2.59. The van der Waals surface area contributed by atoms with Crippen LogP contribution in [-0.4, -0.2) is 30.6 Å². The van der Waals surface area contributed by atoms with Gasteiger partial charge in [0.15, 0.2) is 0 Å². The zero-order valence-corrected chi connectivity index (χ0v) is 13.6. The lowest BCUT2D eigenvalue weighted by Crippen LogP contribution is -2.13. The number of anilines is 1. The van der Waals surface area contributed by atoms with E-state index in [0.29, 0.717) is 22.9 Å². The van der Waals surface area contributed by atoms with Gasteiger partial charge in [-0.3, -0.25) is 14.4 Å². The number of nitrogens with two attached hydrogens (primary N) is 2. The average Bonchev–Trinajstić information content (AvgIpc) is 3.01. The molecule has 128 valence electrons. The minimum absolute atomic E-state index is 0.236. The SMILES string of the molecule is CN.NC(=O)c1c(NC=O)[nH]c2cc(-c3cccc(C=O)c3)ccc12. The molecule has 0 saturated carbocycles. The zero-order chi connectivity index (χ0) is 18.4. The molecule has 0 saturated heterocycles. The Morgan fingerprint density at radius 3 is 2.44 bits per heavy atom. The Kier molecular flexibility index (Phi) is 5.65. The van der Waals surface area contributed by atoms with Crippen LogP contribution in [0.4, 0.5) is 5.82 Å². The molecule has 0 fully saturated rings. The minimum atomic E-state index is -0.628. The summed E-state index contributed by atoms with van der Waals surface area (Å²) in [7, 11) is 1.50. The third kappa shape index (κ3) is 3.56. The number of aldehydes is 1. The molecule has 0 atom stereocenters. The summed E-state index contributed by atoms with van der Waals surface area (Å²) in [4.78, 5) is 36.2. The largest absolute Gasteiger partial charge is 0.365 e. The van der Waals surface area contributed by atoms with E-state index in [4.69, 9.17) is 5.73 Å². The molecule has 1 heterocycles. The van der Waals surface area contributed by atoms with Crippen LogP contribution in [-0.2, 0) is 4.79 Å². The van der Waals surface area contributed by atoms with Crippen molar-refractivity contribution in [2.45, 2.75) is 0 Å². The van der Waals surface area contributed by atoms with Gasteiger partial charge in [-0.25, -0.2) is 0 Å². The first-order chi connectivity index (χ1) is 12.1. The van der Waals surface area contributed by atoms with E-state index in [1.54, 1.807) is 24.3 Å². The van der Waals surface area contributed by atoms with Crippen LogP contribution in [0.3, 0.4) is 0 Å². The topological polar surface area (TPSA) is 131 Å². The molecule has 7 nitrogen and oxygen atoms in total. The maximum Gasteiger partial charge on any atom is 0.253 e. The van der Waals surface area contributed by atoms with Crippen molar-refractivity contribution < 1.29 is 14.4 Å². The van der Waals surface area contributed by atoms with Gasteiger partial charge in [0.2, 0.25) is 6.41 Å². The highest BCUT2D eigenvalue weighted by Gasteiger charge is 2.16. The highest BCUT2D eigenvalue weighted by Crippen LogP contribution is 2.30. The summed E-state index contributed by atoms with van der Waals surface area (Å²) in [6, 6.07) is 12.6. The maximum absolute atomic E-state index is 11.6. The number of amides is 2. The van der Waals surface area contributed by atoms with E-state index < -0.39 is 5.91 Å². The molecule has 2 amide bonds. The summed E-state index contributed by atoms with van der Waals surface area (Å²) in [6.07, 6.45) is 1.26. The number of carbonyl (C=O) groups is 3. The van der Waals surface area contributed by atoms with Crippen molar-refractivity contribution in [2.24, 2.45) is 11.5 Å². The standard InChI is InChI=1S/C17H13N3O3.CH5N/c18-16(23)15-13-5-4-12(7-14(13)20-17(15)19-9-22)11-3-1-2-10(6-11)8-21;1-2/h1-9,20H,(H2,18,23)(H,19,22);2H2,1H3. The number of aromatic nitrogens is 1. The van der Waals surface area contributed by atoms with Gasteiger partial charge < -0.3 is 21.8 Å². The van der Waals surface area contributed by atoms with Crippen molar-refractivity contribution in [1.82, 2.24) is 4.98 Å². The molecule has 0 spiro atoms. The highest BCUT2D eigenvalue weighted by molar-refractivity contribution is 6.12. The lowest BCUT2D eigenvalue weighted by Gasteiger charge is -2.03. The molecule has 25 heavy (non-hydrogen) atoms. The van der Waals surface area contributed by atoms with Crippen molar-refractivity contribution >= 4 is 35.3 Å². The maximum atomic E-state index is 11.6. The summed E-state index contributed by atoms with van der Waals surface area (Å²) >= 11 is 0. The summed E-state index contributed by atoms with van der Waals surface area (Å²) in [5.74, 6) is -0.363. The first kappa shape index (κ1) is 17.9. The van der Waals surface area contributed by atoms with Gasteiger partial charge in [-0.05, 0) is 30.3 Å². The van der Waals surface area contributed by atoms with Crippen molar-refractivity contribution in [2.75, 3.05) is 12.4 Å². The lowest BCUT2D eigenvalue weighted by molar-refractivity contribution is -0.105. The number of rotatable bonds is 5. The van der Waals surface area contributed by atoms with Crippen LogP contribution in [0.5, 0.6) is 0 Å². The van der Waals surface area contributed by atoms with Crippen molar-refractivity contribution in [3.8, 4) is 11.1 Å². The van der Waals surface area contributed by atoms with Crippen LogP contribution in [0, 0.1) is 0 Å². The fourth-order valence-corrected chi connectivity index (χ4v) is 2.59. The van der Waals surface area contributed by atoms with Gasteiger partial charge in [-0.1, -0.05) is 30.3 Å². The van der Waals surface area contributed by atoms with Gasteiger partial charge in [-0.2, -0.15) is 0 Å². The van der Waals surface area contributed by atoms with Gasteiger partial charge in [0.05, 0.1) is 5.56 Å². The highest BCUT2D eigenvalue weighted by atomic mass is 16.1. The first-order valence-electron chi connectivity index (χ1n) is 7.43. The number of primary amides is 1. The third-order valence-corrected chi connectivity index (χ3v) is 3.60. The number of hydrogen-bond acceptors (Lipinski definition) is 4. The smallest absolute Gasteiger partial charge is 0.253 e. The van der Waals surface area contributed by atoms with Crippen LogP contribution >= 0.6 is 0 Å². The molecule has 0 aliphatic rings. The molecule has 0 aliphatic carbocycles. The minimum Gasteiger partial charge on any atom is -0.365 e. The van der Waals surface area contributed by atoms with Crippen LogP contribution in [0.15, 0.2) is 42.5 Å². The Hall–Kier alpha value is -3.45. The second-order valence-corrected chi connectivity index (χ2v) is 5.01. The second-order valence-electron chi connectivity index (χ2n) is 5.01. The van der Waals surface area contributed by atoms with E-state index >= 15 is 0 Å². The number of nitrogens with one attached hydrogen (secondary N) is 2. The Bertz CT molecular complexity index is 931. The molecular weight excluding hydrogens is 320 g/mol. The number of H-pyrrole nitrogens is 1. The van der Waals surface area contributed by atoms with E-state index in [1.165, 1.54) is 7.05 Å². The predicted molar refractivity (Wildman–Crippen MR) is 97.4 cm³/mol. The summed E-state index contributed by atoms with van der Waals surface area (Å²) in [5, 5.41) is 3.06. The molecule has 6 N–H and O–H groups in total. The summed E-state index contributed by atoms with van der Waals surface area (Å²) in [5.41, 5.74) is 13.1. The van der Waals surface area contributed by atoms with E-state index in [-0.39, 0.29) is 11.4 Å². The quantitative estimate of drug-likeness (QED) is 0.529. The predicted octanol–water partition coefficient (Wildman–Crippen LogP) is 1.89. The van der Waals surface area contributed by atoms with Crippen LogP contribution in [0.1, 0.15) is 20.7 Å². The number of fused-ring (bicyclic) bond motifs is 1. The lowest BCUT2D eigenvalue weighted by atomic mass is 10.0. The summed E-state index contributed by atoms with van der Waals surface area (Å²) in [6.45, 7) is 0. The van der Waals surface area contributed by atoms with Gasteiger partial charge in [-0.15, -0.1) is 0 Å². The average molecular weight is 338 g/mol. The van der Waals surface area contributed by atoms with Crippen LogP contribution in [0.25, 0.3) is 22.0 Å². The molecular formula is C18H18N4O3. The molecule has 1 aromatic heterocycles. The number of aromatic amines is 1. The van der Waals surface area contributed by atoms with E-state index in [9.17, 15) is 14.4 Å². The fraction of sp³-hybridized carbons (Fsp3) is 0.0556. The Morgan fingerprint density at radius 2 is 1.80 bits per heavy atom. The molecule has 3 aromatic rings. The first-order valence-corrected chi connectivity index (χ1v) is 7.43. The van der Waals surface area contributed by atoms with Crippen molar-refractivity contribution in [1.29, 1.82) is 0 Å². The summed E-state index contributed by atoms with van der Waals surface area (Å²) < 4.78 is 0. The monoisotopic (exact) mass is 338 g/mol. The normalized spacial score (nSPS) is 9.84. The van der Waals surface area contributed by atoms with Crippen molar-refractivity contribution in [3.63, 3.8) is 0 Å². The van der Waals surface area contributed by atoms with Crippen LogP contribution < -0.4 is 16.8 Å². The van der Waals surface area contributed by atoms with Gasteiger partial charge in [0.25, 0.3) is 5.91 Å². The molecule has 0 aliphatic heterocycles. The van der Waals surface area contributed by atoms with Gasteiger partial charge >= 0.3 is 0 Å². The van der Waals surface area contributed by atoms with Gasteiger partial charge in [0, 0.05) is 16.5 Å². The van der Waals surface area contributed by atoms with E-state index in [0.717, 1.165) is 17.4 Å². The molecule has 0 radical (unpaired) electrons. The molecule has 3 rings (SSSR count). The molecule has 7 heteroatoms. The number of hydrogen-bond donors (Lipinski definition) is 4. The zero-order valence-electron chi connectivity index (χ0n) is 13.6. The Morgan fingerprint density at radius 1 is 1.08 bits per heavy atom. The van der Waals surface area contributed by atoms with Crippen molar-refractivity contribution in [3.05, 3.63) is 53.6 Å². The van der Waals surface area contributed by atoms with Crippen LogP contribution in [0.2, 0.25) is 0 Å². The Balaban J connectivity index is 0.00000109. The van der Waals surface area contributed by atoms with Gasteiger partial charge in [0.1, 0.15) is 12.1 Å². The number of carbonyl (C=O) groups excluding carboxylic acids is 3. The third-order valence-electron chi connectivity index (χ3n) is 3.60.